The Morgan fingerprint density at radius 1 is 1.44 bits per heavy atom. The normalized spacial score (nSPS) is 6.89. The van der Waals surface area contributed by atoms with Crippen molar-refractivity contribution in [3.8, 4) is 0 Å². The van der Waals surface area contributed by atoms with E-state index in [1.807, 2.05) is 13.8 Å². The first-order chi connectivity index (χ1) is 3.85. The molecule has 0 radical (unpaired) electrons. The van der Waals surface area contributed by atoms with Crippen LogP contribution >= 0.6 is 0 Å². The van der Waals surface area contributed by atoms with E-state index in [4.69, 9.17) is 5.53 Å². The predicted molar refractivity (Wildman–Crippen MR) is 39.2 cm³/mol. The summed E-state index contributed by atoms with van der Waals surface area (Å²) in [5.74, 6) is 0. The second-order valence-electron chi connectivity index (χ2n) is 1.32. The van der Waals surface area contributed by atoms with Crippen LogP contribution in [0.5, 0.6) is 0 Å². The molecule has 9 heavy (non-hydrogen) atoms. The van der Waals surface area contributed by atoms with Crippen LogP contribution in [0.2, 0.25) is 0 Å². The van der Waals surface area contributed by atoms with Gasteiger partial charge in [0.2, 0.25) is 0 Å². The van der Waals surface area contributed by atoms with E-state index in [-0.39, 0.29) is 18.9 Å². The Morgan fingerprint density at radius 3 is 2.00 bits per heavy atom. The second-order valence-corrected chi connectivity index (χ2v) is 1.32. The molecule has 4 nitrogen and oxygen atoms in total. The van der Waals surface area contributed by atoms with Gasteiger partial charge in [-0.05, 0) is 19.1 Å². The van der Waals surface area contributed by atoms with Crippen molar-refractivity contribution >= 4 is 18.9 Å². The third-order valence-corrected chi connectivity index (χ3v) is 0.897. The number of nitrogens with zero attached hydrogens (tertiary/aromatic N) is 4. The zero-order valence-corrected chi connectivity index (χ0v) is 5.20. The first-order valence-corrected chi connectivity index (χ1v) is 2.65. The molecule has 0 aromatic rings. The van der Waals surface area contributed by atoms with Crippen LogP contribution in [0.25, 0.3) is 10.4 Å². The van der Waals surface area contributed by atoms with E-state index in [1.165, 1.54) is 0 Å². The predicted octanol–water partition coefficient (Wildman–Crippen LogP) is 0.905. The topological polar surface area (TPSA) is 52.0 Å². The van der Waals surface area contributed by atoms with Gasteiger partial charge in [-0.15, -0.1) is 5.53 Å². The van der Waals surface area contributed by atoms with Gasteiger partial charge in [0.25, 0.3) is 0 Å². The van der Waals surface area contributed by atoms with Gasteiger partial charge in [-0.25, -0.2) is 5.01 Å². The molecule has 0 saturated heterocycles. The van der Waals surface area contributed by atoms with Crippen molar-refractivity contribution in [1.82, 2.24) is 5.01 Å². The summed E-state index contributed by atoms with van der Waals surface area (Å²) < 4.78 is 0. The van der Waals surface area contributed by atoms with E-state index < -0.39 is 0 Å². The monoisotopic (exact) mass is 122 g/mol. The zero-order chi connectivity index (χ0) is 6.41. The van der Waals surface area contributed by atoms with Crippen molar-refractivity contribution < 1.29 is 0 Å². The number of hydrogen-bond acceptors (Lipinski definition) is 1. The average molecular weight is 122 g/mol. The summed E-state index contributed by atoms with van der Waals surface area (Å²) in [6.07, 6.45) is 0. The van der Waals surface area contributed by atoms with E-state index in [0.717, 1.165) is 13.1 Å². The maximum absolute atomic E-state index is 7.92. The van der Waals surface area contributed by atoms with Gasteiger partial charge in [-0.3, -0.25) is 0 Å². The van der Waals surface area contributed by atoms with Gasteiger partial charge in [0.15, 0.2) is 0 Å². The molecule has 48 valence electrons. The summed E-state index contributed by atoms with van der Waals surface area (Å²) in [6, 6.07) is 0. The molecule has 0 fully saturated rings. The van der Waals surface area contributed by atoms with Crippen LogP contribution < -0.4 is 0 Å². The van der Waals surface area contributed by atoms with Gasteiger partial charge in [0, 0.05) is 0 Å². The van der Waals surface area contributed by atoms with E-state index in [0.29, 0.717) is 0 Å². The summed E-state index contributed by atoms with van der Waals surface area (Å²) in [6.45, 7) is 5.44. The molecule has 0 aromatic carbocycles. The van der Waals surface area contributed by atoms with Gasteiger partial charge in [0.05, 0.1) is 13.1 Å². The van der Waals surface area contributed by atoms with Gasteiger partial charge in [-0.2, -0.15) is 4.91 Å². The van der Waals surface area contributed by atoms with Crippen molar-refractivity contribution in [3.05, 3.63) is 10.4 Å². The second kappa shape index (κ2) is 7.71. The van der Waals surface area contributed by atoms with Crippen molar-refractivity contribution in [3.63, 3.8) is 0 Å². The van der Waals surface area contributed by atoms with Gasteiger partial charge < -0.3 is 0 Å². The Balaban J connectivity index is 0. The SMILES string of the molecule is CCN(CC)N=[N+]=[N-].[LiH]. The van der Waals surface area contributed by atoms with Crippen LogP contribution in [0, 0.1) is 0 Å². The molecule has 0 aliphatic rings. The van der Waals surface area contributed by atoms with E-state index in [9.17, 15) is 0 Å². The number of hydrogen-bond donors (Lipinski definition) is 0. The average Bonchev–Trinajstić information content (AvgIpc) is 1.83. The zero-order valence-electron chi connectivity index (χ0n) is 5.20. The van der Waals surface area contributed by atoms with Gasteiger partial charge >= 0.3 is 18.9 Å². The Kier molecular flexibility index (Phi) is 9.85. The standard InChI is InChI=1S/C4H10N4.Li.H/c1-3-8(4-2)7-6-5;;/h3-4H2,1-2H3;;. The minimum absolute atomic E-state index is 0. The molecule has 0 atom stereocenters. The Bertz CT molecular complexity index is 94.7. The van der Waals surface area contributed by atoms with Crippen LogP contribution in [0.3, 0.4) is 0 Å². The molecule has 0 amide bonds. The Labute approximate surface area is 67.0 Å². The molecule has 0 heterocycles. The summed E-state index contributed by atoms with van der Waals surface area (Å²) in [7, 11) is 0. The fraction of sp³-hybridized carbons (Fsp3) is 1.00. The molecule has 0 saturated carbocycles. The molecular weight excluding hydrogens is 111 g/mol. The fourth-order valence-electron chi connectivity index (χ4n) is 0.407. The summed E-state index contributed by atoms with van der Waals surface area (Å²) in [5, 5.41) is 5.01. The summed E-state index contributed by atoms with van der Waals surface area (Å²) in [4.78, 5) is 2.63. The van der Waals surface area contributed by atoms with Crippen molar-refractivity contribution in [2.24, 2.45) is 5.22 Å². The molecule has 0 spiro atoms. The summed E-state index contributed by atoms with van der Waals surface area (Å²) in [5.41, 5.74) is 7.92. The van der Waals surface area contributed by atoms with Crippen molar-refractivity contribution in [1.29, 1.82) is 0 Å². The molecule has 0 aliphatic carbocycles. The van der Waals surface area contributed by atoms with E-state index >= 15 is 0 Å². The van der Waals surface area contributed by atoms with Crippen molar-refractivity contribution in [2.45, 2.75) is 13.8 Å². The molecule has 0 N–H and O–H groups in total. The van der Waals surface area contributed by atoms with Gasteiger partial charge in [0.1, 0.15) is 0 Å². The quantitative estimate of drug-likeness (QED) is 0.180. The third kappa shape index (κ3) is 5.58. The summed E-state index contributed by atoms with van der Waals surface area (Å²) >= 11 is 0. The number of rotatable bonds is 3. The molecule has 0 bridgehead atoms. The molecule has 0 rings (SSSR count). The minimum atomic E-state index is 0. The molecule has 0 aromatic heterocycles. The Hall–Kier alpha value is -0.293. The fourth-order valence-corrected chi connectivity index (χ4v) is 0.407. The molecule has 0 unspecified atom stereocenters. The van der Waals surface area contributed by atoms with Crippen LogP contribution in [0.1, 0.15) is 13.8 Å². The maximum atomic E-state index is 7.92. The Morgan fingerprint density at radius 2 is 1.89 bits per heavy atom. The van der Waals surface area contributed by atoms with Crippen molar-refractivity contribution in [2.75, 3.05) is 13.1 Å². The van der Waals surface area contributed by atoms with E-state index in [2.05, 4.69) is 10.1 Å². The van der Waals surface area contributed by atoms with Gasteiger partial charge in [-0.1, -0.05) is 0 Å². The van der Waals surface area contributed by atoms with Crippen LogP contribution in [-0.2, 0) is 0 Å². The third-order valence-electron chi connectivity index (χ3n) is 0.897. The first kappa shape index (κ1) is 11.5. The first-order valence-electron chi connectivity index (χ1n) is 2.65. The van der Waals surface area contributed by atoms with Crippen LogP contribution in [-0.4, -0.2) is 37.0 Å². The van der Waals surface area contributed by atoms with Crippen LogP contribution in [0.15, 0.2) is 5.22 Å². The molecule has 5 heteroatoms. The van der Waals surface area contributed by atoms with E-state index in [1.54, 1.807) is 5.01 Å². The van der Waals surface area contributed by atoms with Crippen LogP contribution in [0.4, 0.5) is 0 Å². The number of azide groups is 1. The molecular formula is C4H11LiN4. The molecule has 0 aliphatic heterocycles.